The first-order valence-electron chi connectivity index (χ1n) is 10.9. The second-order valence-corrected chi connectivity index (χ2v) is 8.55. The van der Waals surface area contributed by atoms with Crippen LogP contribution in [0.5, 0.6) is 5.75 Å². The van der Waals surface area contributed by atoms with E-state index in [-0.39, 0.29) is 17.9 Å². The Hall–Kier alpha value is -2.30. The van der Waals surface area contributed by atoms with Gasteiger partial charge < -0.3 is 10.1 Å². The van der Waals surface area contributed by atoms with Gasteiger partial charge in [-0.2, -0.15) is 5.10 Å². The summed E-state index contributed by atoms with van der Waals surface area (Å²) in [4.78, 5) is 12.9. The largest absolute Gasteiger partial charge is 0.493 e. The lowest BCUT2D eigenvalue weighted by Gasteiger charge is -2.27. The van der Waals surface area contributed by atoms with Gasteiger partial charge in [-0.3, -0.25) is 9.48 Å². The summed E-state index contributed by atoms with van der Waals surface area (Å²) in [6, 6.07) is 8.74. The van der Waals surface area contributed by atoms with Crippen LogP contribution in [0.2, 0.25) is 0 Å². The molecule has 2 aliphatic carbocycles. The summed E-state index contributed by atoms with van der Waals surface area (Å²) in [7, 11) is 0. The molecule has 2 unspecified atom stereocenters. The fraction of sp³-hybridized carbons (Fsp3) is 0.565. The maximum absolute atomic E-state index is 12.9. The van der Waals surface area contributed by atoms with Crippen molar-refractivity contribution in [3.05, 3.63) is 47.3 Å². The Morgan fingerprint density at radius 2 is 2.00 bits per heavy atom. The average molecular weight is 380 g/mol. The Labute approximate surface area is 166 Å². The molecule has 1 aromatic heterocycles. The minimum absolute atomic E-state index is 0.0639. The smallest absolute Gasteiger partial charge is 0.221 e. The maximum atomic E-state index is 12.9. The van der Waals surface area contributed by atoms with Gasteiger partial charge in [0.1, 0.15) is 5.75 Å². The first-order chi connectivity index (χ1) is 13.8. The highest BCUT2D eigenvalue weighted by atomic mass is 16.5. The molecule has 1 saturated carbocycles. The van der Waals surface area contributed by atoms with Crippen LogP contribution in [0.15, 0.2) is 30.5 Å². The van der Waals surface area contributed by atoms with Gasteiger partial charge in [-0.25, -0.2) is 0 Å². The minimum Gasteiger partial charge on any atom is -0.493 e. The molecular weight excluding hydrogens is 350 g/mol. The summed E-state index contributed by atoms with van der Waals surface area (Å²) in [5.41, 5.74) is 3.61. The maximum Gasteiger partial charge on any atom is 0.221 e. The van der Waals surface area contributed by atoms with Crippen molar-refractivity contribution in [2.24, 2.45) is 0 Å². The van der Waals surface area contributed by atoms with Gasteiger partial charge in [0.2, 0.25) is 5.91 Å². The molecule has 1 N–H and O–H groups in total. The van der Waals surface area contributed by atoms with Gasteiger partial charge in [0.25, 0.3) is 0 Å². The number of carbonyl (C=O) groups is 1. The monoisotopic (exact) mass is 379 g/mol. The molecule has 148 valence electrons. The van der Waals surface area contributed by atoms with E-state index >= 15 is 0 Å². The van der Waals surface area contributed by atoms with Gasteiger partial charge in [0, 0.05) is 12.6 Å². The summed E-state index contributed by atoms with van der Waals surface area (Å²) in [5.74, 6) is 1.31. The number of nitrogens with one attached hydrogen (secondary N) is 1. The topological polar surface area (TPSA) is 56.1 Å². The molecule has 5 nitrogen and oxygen atoms in total. The van der Waals surface area contributed by atoms with Gasteiger partial charge in [-0.05, 0) is 61.6 Å². The number of rotatable bonds is 4. The van der Waals surface area contributed by atoms with Gasteiger partial charge in [-0.15, -0.1) is 0 Å². The van der Waals surface area contributed by atoms with Crippen LogP contribution in [0.1, 0.15) is 86.2 Å². The molecule has 1 aromatic carbocycles. The lowest BCUT2D eigenvalue weighted by Crippen LogP contribution is -2.32. The molecule has 2 atom stereocenters. The first-order valence-corrected chi connectivity index (χ1v) is 10.9. The van der Waals surface area contributed by atoms with Crippen LogP contribution in [0.3, 0.4) is 0 Å². The van der Waals surface area contributed by atoms with E-state index in [0.717, 1.165) is 37.1 Å². The first kappa shape index (κ1) is 17.8. The van der Waals surface area contributed by atoms with E-state index in [4.69, 9.17) is 9.84 Å². The number of aryl methyl sites for hydroxylation is 1. The van der Waals surface area contributed by atoms with E-state index in [0.29, 0.717) is 19.1 Å². The highest BCUT2D eigenvalue weighted by molar-refractivity contribution is 5.77. The quantitative estimate of drug-likeness (QED) is 0.854. The zero-order valence-electron chi connectivity index (χ0n) is 16.4. The predicted molar refractivity (Wildman–Crippen MR) is 107 cm³/mol. The Balaban J connectivity index is 1.28. The van der Waals surface area contributed by atoms with Crippen molar-refractivity contribution >= 4 is 5.91 Å². The number of ether oxygens (including phenoxy) is 1. The number of benzene rings is 1. The molecule has 5 rings (SSSR count). The minimum atomic E-state index is 0.0639. The van der Waals surface area contributed by atoms with Crippen molar-refractivity contribution in [2.75, 3.05) is 6.61 Å². The Morgan fingerprint density at radius 1 is 1.14 bits per heavy atom. The normalized spacial score (nSPS) is 24.3. The third-order valence-electron chi connectivity index (χ3n) is 6.66. The Bertz CT molecular complexity index is 853. The third-order valence-corrected chi connectivity index (χ3v) is 6.66. The molecule has 3 aliphatic rings. The molecule has 1 fully saturated rings. The molecular formula is C23H29N3O2. The van der Waals surface area contributed by atoms with Crippen LogP contribution in [-0.2, 0) is 11.2 Å². The van der Waals surface area contributed by atoms with Crippen molar-refractivity contribution in [1.82, 2.24) is 15.1 Å². The Kier molecular flexibility index (Phi) is 4.83. The van der Waals surface area contributed by atoms with Gasteiger partial charge in [-0.1, -0.05) is 31.0 Å². The molecule has 0 bridgehead atoms. The molecule has 0 radical (unpaired) electrons. The molecule has 2 heterocycles. The number of hydrogen-bond acceptors (Lipinski definition) is 3. The lowest BCUT2D eigenvalue weighted by atomic mass is 9.89. The van der Waals surface area contributed by atoms with Crippen molar-refractivity contribution in [3.8, 4) is 5.75 Å². The van der Waals surface area contributed by atoms with E-state index < -0.39 is 0 Å². The Morgan fingerprint density at radius 3 is 2.89 bits per heavy atom. The lowest BCUT2D eigenvalue weighted by molar-refractivity contribution is -0.122. The number of amides is 1. The van der Waals surface area contributed by atoms with Crippen molar-refractivity contribution in [3.63, 3.8) is 0 Å². The van der Waals surface area contributed by atoms with E-state index in [1.807, 2.05) is 18.2 Å². The predicted octanol–water partition coefficient (Wildman–Crippen LogP) is 4.45. The molecule has 28 heavy (non-hydrogen) atoms. The van der Waals surface area contributed by atoms with Crippen molar-refractivity contribution < 1.29 is 9.53 Å². The average Bonchev–Trinajstić information content (AvgIpc) is 3.38. The second-order valence-electron chi connectivity index (χ2n) is 8.55. The zero-order chi connectivity index (χ0) is 18.9. The van der Waals surface area contributed by atoms with Crippen LogP contribution in [0.4, 0.5) is 0 Å². The molecule has 1 amide bonds. The standard InChI is InChI=1S/C23H29N3O2/c27-22(14-16-12-13-28-21-11-4-3-9-19(16)21)24-20-10-5-6-17-15-26(25-23(17)20)18-7-1-2-8-18/h3-4,9,11,15-16,18,20H,1-2,5-8,10,12-14H2,(H,24,27). The number of hydrogen-bond donors (Lipinski definition) is 1. The number of aromatic nitrogens is 2. The summed E-state index contributed by atoms with van der Waals surface area (Å²) < 4.78 is 7.93. The molecule has 0 saturated heterocycles. The molecule has 1 aliphatic heterocycles. The number of carbonyl (C=O) groups excluding carboxylic acids is 1. The van der Waals surface area contributed by atoms with E-state index in [2.05, 4.69) is 22.3 Å². The summed E-state index contributed by atoms with van der Waals surface area (Å²) in [6.45, 7) is 0.689. The third kappa shape index (κ3) is 3.43. The van der Waals surface area contributed by atoms with Crippen LogP contribution < -0.4 is 10.1 Å². The summed E-state index contributed by atoms with van der Waals surface area (Å²) in [6.07, 6.45) is 12.0. The van der Waals surface area contributed by atoms with E-state index in [1.54, 1.807) is 0 Å². The fourth-order valence-corrected chi connectivity index (χ4v) is 5.16. The number of nitrogens with zero attached hydrogens (tertiary/aromatic N) is 2. The zero-order valence-corrected chi connectivity index (χ0v) is 16.4. The van der Waals surface area contributed by atoms with Gasteiger partial charge in [0.05, 0.1) is 24.4 Å². The van der Waals surface area contributed by atoms with Crippen LogP contribution in [-0.4, -0.2) is 22.3 Å². The molecule has 5 heteroatoms. The van der Waals surface area contributed by atoms with Crippen LogP contribution in [0.25, 0.3) is 0 Å². The van der Waals surface area contributed by atoms with E-state index in [9.17, 15) is 4.79 Å². The number of para-hydroxylation sites is 1. The highest BCUT2D eigenvalue weighted by Crippen LogP contribution is 2.37. The second kappa shape index (κ2) is 7.61. The SMILES string of the molecule is O=C(CC1CCOc2ccccc21)NC1CCCc2cn(C3CCCC3)nc21. The fourth-order valence-electron chi connectivity index (χ4n) is 5.16. The van der Waals surface area contributed by atoms with Crippen molar-refractivity contribution in [2.45, 2.75) is 75.8 Å². The van der Waals surface area contributed by atoms with Gasteiger partial charge in [0.15, 0.2) is 0 Å². The van der Waals surface area contributed by atoms with Crippen molar-refractivity contribution in [1.29, 1.82) is 0 Å². The summed E-state index contributed by atoms with van der Waals surface area (Å²) >= 11 is 0. The van der Waals surface area contributed by atoms with E-state index in [1.165, 1.54) is 36.8 Å². The summed E-state index contributed by atoms with van der Waals surface area (Å²) in [5, 5.41) is 8.23. The number of fused-ring (bicyclic) bond motifs is 2. The molecule has 2 aromatic rings. The van der Waals surface area contributed by atoms with Gasteiger partial charge >= 0.3 is 0 Å². The van der Waals surface area contributed by atoms with Crippen LogP contribution in [0, 0.1) is 0 Å². The van der Waals surface area contributed by atoms with Crippen LogP contribution >= 0.6 is 0 Å². The highest BCUT2D eigenvalue weighted by Gasteiger charge is 2.29. The molecule has 0 spiro atoms.